The molecule has 1 saturated heterocycles. The molecule has 0 unspecified atom stereocenters. The molecule has 0 spiro atoms. The number of rotatable bonds is 2. The second-order valence-corrected chi connectivity index (χ2v) is 6.98. The molecular weight excluding hydrogens is 296 g/mol. The van der Waals surface area contributed by atoms with E-state index in [4.69, 9.17) is 0 Å². The van der Waals surface area contributed by atoms with E-state index in [-0.39, 0.29) is 0 Å². The third-order valence-corrected chi connectivity index (χ3v) is 5.57. The summed E-state index contributed by atoms with van der Waals surface area (Å²) >= 11 is 1.75. The SMILES string of the molecule is Cc1sc2ncnc(N3CCC[C@@H](n4cncn4)C3)c2c1C. The molecule has 7 heteroatoms. The number of thiophene rings is 1. The second kappa shape index (κ2) is 5.31. The van der Waals surface area contributed by atoms with Gasteiger partial charge in [0, 0.05) is 18.0 Å². The lowest BCUT2D eigenvalue weighted by Crippen LogP contribution is -2.37. The molecule has 3 aromatic heterocycles. The van der Waals surface area contributed by atoms with Gasteiger partial charge in [0.05, 0.1) is 11.4 Å². The van der Waals surface area contributed by atoms with Gasteiger partial charge < -0.3 is 4.90 Å². The maximum absolute atomic E-state index is 4.60. The molecule has 22 heavy (non-hydrogen) atoms. The Balaban J connectivity index is 1.72. The predicted molar refractivity (Wildman–Crippen MR) is 87.4 cm³/mol. The lowest BCUT2D eigenvalue weighted by Gasteiger charge is -2.33. The van der Waals surface area contributed by atoms with Gasteiger partial charge in [-0.25, -0.2) is 19.6 Å². The predicted octanol–water partition coefficient (Wildman–Crippen LogP) is 2.74. The molecule has 1 aliphatic rings. The minimum absolute atomic E-state index is 0.362. The fourth-order valence-electron chi connectivity index (χ4n) is 3.17. The Morgan fingerprint density at radius 2 is 2.14 bits per heavy atom. The molecule has 3 aromatic rings. The van der Waals surface area contributed by atoms with Crippen molar-refractivity contribution >= 4 is 27.4 Å². The first-order valence-corrected chi connectivity index (χ1v) is 8.35. The molecule has 0 N–H and O–H groups in total. The van der Waals surface area contributed by atoms with Crippen LogP contribution >= 0.6 is 11.3 Å². The van der Waals surface area contributed by atoms with Crippen molar-refractivity contribution in [1.82, 2.24) is 24.7 Å². The van der Waals surface area contributed by atoms with Crippen LogP contribution in [0.5, 0.6) is 0 Å². The van der Waals surface area contributed by atoms with Gasteiger partial charge >= 0.3 is 0 Å². The van der Waals surface area contributed by atoms with Crippen molar-refractivity contribution < 1.29 is 0 Å². The minimum atomic E-state index is 0.362. The van der Waals surface area contributed by atoms with Gasteiger partial charge in [-0.2, -0.15) is 5.10 Å². The average molecular weight is 314 g/mol. The maximum Gasteiger partial charge on any atom is 0.141 e. The van der Waals surface area contributed by atoms with Gasteiger partial charge in [0.2, 0.25) is 0 Å². The molecule has 0 bridgehead atoms. The third kappa shape index (κ3) is 2.16. The van der Waals surface area contributed by atoms with Gasteiger partial charge in [0.25, 0.3) is 0 Å². The van der Waals surface area contributed by atoms with Crippen LogP contribution in [0.2, 0.25) is 0 Å². The van der Waals surface area contributed by atoms with Gasteiger partial charge in [0.15, 0.2) is 0 Å². The fourth-order valence-corrected chi connectivity index (χ4v) is 4.16. The zero-order chi connectivity index (χ0) is 15.1. The van der Waals surface area contributed by atoms with Crippen LogP contribution in [0.1, 0.15) is 29.3 Å². The lowest BCUT2D eigenvalue weighted by molar-refractivity contribution is 0.374. The lowest BCUT2D eigenvalue weighted by atomic mass is 10.1. The number of piperidine rings is 1. The van der Waals surface area contributed by atoms with E-state index in [0.29, 0.717) is 6.04 Å². The topological polar surface area (TPSA) is 59.7 Å². The smallest absolute Gasteiger partial charge is 0.141 e. The summed E-state index contributed by atoms with van der Waals surface area (Å²) < 4.78 is 1.97. The Morgan fingerprint density at radius 3 is 2.95 bits per heavy atom. The first-order chi connectivity index (χ1) is 10.7. The van der Waals surface area contributed by atoms with Gasteiger partial charge in [-0.05, 0) is 32.3 Å². The summed E-state index contributed by atoms with van der Waals surface area (Å²) in [6, 6.07) is 0.362. The van der Waals surface area contributed by atoms with E-state index in [9.17, 15) is 0 Å². The number of nitrogens with zero attached hydrogens (tertiary/aromatic N) is 6. The highest BCUT2D eigenvalue weighted by Gasteiger charge is 2.25. The highest BCUT2D eigenvalue weighted by Crippen LogP contribution is 2.36. The van der Waals surface area contributed by atoms with Gasteiger partial charge in [-0.15, -0.1) is 11.3 Å². The van der Waals surface area contributed by atoms with E-state index < -0.39 is 0 Å². The van der Waals surface area contributed by atoms with Crippen molar-refractivity contribution in [3.05, 3.63) is 29.4 Å². The standard InChI is InChI=1S/C15H18N6S/c1-10-11(2)22-15-13(10)14(17-8-18-15)20-5-3-4-12(6-20)21-9-16-7-19-21/h7-9,12H,3-6H2,1-2H3/t12-/m1/s1. The van der Waals surface area contributed by atoms with E-state index >= 15 is 0 Å². The Hall–Kier alpha value is -2.02. The van der Waals surface area contributed by atoms with E-state index in [1.807, 2.05) is 11.0 Å². The average Bonchev–Trinajstić information content (AvgIpc) is 3.17. The molecule has 0 radical (unpaired) electrons. The normalized spacial score (nSPS) is 19.0. The number of aromatic nitrogens is 5. The largest absolute Gasteiger partial charge is 0.354 e. The summed E-state index contributed by atoms with van der Waals surface area (Å²) in [5.41, 5.74) is 1.30. The number of aryl methyl sites for hydroxylation is 2. The van der Waals surface area contributed by atoms with Crippen molar-refractivity contribution in [3.63, 3.8) is 0 Å². The number of hydrogen-bond donors (Lipinski definition) is 0. The van der Waals surface area contributed by atoms with Crippen LogP contribution in [0.15, 0.2) is 19.0 Å². The molecule has 0 saturated carbocycles. The molecule has 0 aliphatic carbocycles. The van der Waals surface area contributed by atoms with Crippen molar-refractivity contribution in [2.24, 2.45) is 0 Å². The van der Waals surface area contributed by atoms with Crippen LogP contribution < -0.4 is 4.90 Å². The Kier molecular flexibility index (Phi) is 3.29. The first kappa shape index (κ1) is 13.6. The second-order valence-electron chi connectivity index (χ2n) is 5.78. The van der Waals surface area contributed by atoms with E-state index in [1.54, 1.807) is 24.0 Å². The Labute approximate surface area is 132 Å². The summed E-state index contributed by atoms with van der Waals surface area (Å²) in [7, 11) is 0. The van der Waals surface area contributed by atoms with Crippen LogP contribution in [0.4, 0.5) is 5.82 Å². The van der Waals surface area contributed by atoms with Crippen LogP contribution in [-0.4, -0.2) is 37.8 Å². The minimum Gasteiger partial charge on any atom is -0.354 e. The van der Waals surface area contributed by atoms with Crippen LogP contribution in [0, 0.1) is 13.8 Å². The molecule has 1 fully saturated rings. The molecule has 114 valence electrons. The fraction of sp³-hybridized carbons (Fsp3) is 0.467. The molecule has 0 amide bonds. The zero-order valence-corrected chi connectivity index (χ0v) is 13.5. The van der Waals surface area contributed by atoms with E-state index in [1.165, 1.54) is 15.8 Å². The molecule has 6 nitrogen and oxygen atoms in total. The molecule has 0 aromatic carbocycles. The summed E-state index contributed by atoms with van der Waals surface area (Å²) in [4.78, 5) is 17.9. The van der Waals surface area contributed by atoms with Crippen molar-refractivity contribution in [2.75, 3.05) is 18.0 Å². The number of hydrogen-bond acceptors (Lipinski definition) is 6. The summed E-state index contributed by atoms with van der Waals surface area (Å²) in [5, 5.41) is 5.51. The number of anilines is 1. The third-order valence-electron chi connectivity index (χ3n) is 4.45. The highest BCUT2D eigenvalue weighted by atomic mass is 32.1. The summed E-state index contributed by atoms with van der Waals surface area (Å²) in [6.07, 6.45) is 7.37. The van der Waals surface area contributed by atoms with E-state index in [2.05, 4.69) is 38.8 Å². The Bertz CT molecular complexity index is 794. The summed E-state index contributed by atoms with van der Waals surface area (Å²) in [6.45, 7) is 6.27. The molecule has 4 rings (SSSR count). The Morgan fingerprint density at radius 1 is 1.23 bits per heavy atom. The van der Waals surface area contributed by atoms with Gasteiger partial charge in [-0.1, -0.05) is 0 Å². The monoisotopic (exact) mass is 314 g/mol. The quantitative estimate of drug-likeness (QED) is 0.728. The number of fused-ring (bicyclic) bond motifs is 1. The van der Waals surface area contributed by atoms with E-state index in [0.717, 1.165) is 36.6 Å². The molecular formula is C15H18N6S. The van der Waals surface area contributed by atoms with Gasteiger partial charge in [0.1, 0.15) is 29.6 Å². The molecule has 1 atom stereocenters. The van der Waals surface area contributed by atoms with Crippen molar-refractivity contribution in [1.29, 1.82) is 0 Å². The maximum atomic E-state index is 4.60. The zero-order valence-electron chi connectivity index (χ0n) is 12.7. The summed E-state index contributed by atoms with van der Waals surface area (Å²) in [5.74, 6) is 1.07. The van der Waals surface area contributed by atoms with Gasteiger partial charge in [-0.3, -0.25) is 0 Å². The molecule has 4 heterocycles. The van der Waals surface area contributed by atoms with Crippen molar-refractivity contribution in [3.8, 4) is 0 Å². The van der Waals surface area contributed by atoms with Crippen LogP contribution in [-0.2, 0) is 0 Å². The highest BCUT2D eigenvalue weighted by molar-refractivity contribution is 7.18. The van der Waals surface area contributed by atoms with Crippen LogP contribution in [0.3, 0.4) is 0 Å². The van der Waals surface area contributed by atoms with Crippen LogP contribution in [0.25, 0.3) is 10.2 Å². The first-order valence-electron chi connectivity index (χ1n) is 7.54. The van der Waals surface area contributed by atoms with Crippen molar-refractivity contribution in [2.45, 2.75) is 32.7 Å². The molecule has 1 aliphatic heterocycles.